The van der Waals surface area contributed by atoms with Crippen molar-refractivity contribution in [3.05, 3.63) is 107 Å². The van der Waals surface area contributed by atoms with Crippen LogP contribution >= 0.6 is 0 Å². The largest absolute Gasteiger partial charge is 0.416 e. The van der Waals surface area contributed by atoms with Crippen LogP contribution in [0.5, 0.6) is 0 Å². The molecule has 1 amide bonds. The molecular weight excluding hydrogens is 628 g/mol. The number of carbonyl (C=O) groups excluding carboxylic acids is 1. The summed E-state index contributed by atoms with van der Waals surface area (Å²) < 4.78 is 58.4. The lowest BCUT2D eigenvalue weighted by atomic mass is 10.0. The average Bonchev–Trinajstić information content (AvgIpc) is 3.72. The summed E-state index contributed by atoms with van der Waals surface area (Å²) in [6, 6.07) is 9.53. The van der Waals surface area contributed by atoms with Gasteiger partial charge in [0.2, 0.25) is 0 Å². The molecule has 0 bridgehead atoms. The fourth-order valence-corrected chi connectivity index (χ4v) is 5.58. The number of piperazine rings is 1. The van der Waals surface area contributed by atoms with Gasteiger partial charge in [0.05, 0.1) is 41.5 Å². The van der Waals surface area contributed by atoms with Gasteiger partial charge in [0.15, 0.2) is 5.65 Å². The molecule has 0 saturated carbocycles. The number of halogens is 4. The molecule has 1 fully saturated rings. The second kappa shape index (κ2) is 13.9. The second-order valence-corrected chi connectivity index (χ2v) is 11.5. The van der Waals surface area contributed by atoms with Crippen molar-refractivity contribution in [1.29, 1.82) is 0 Å². The molecule has 5 aromatic rings. The number of rotatable bonds is 8. The van der Waals surface area contributed by atoms with E-state index in [-0.39, 0.29) is 24.4 Å². The monoisotopic (exact) mass is 660 g/mol. The molecule has 0 radical (unpaired) electrons. The molecule has 0 aliphatic carbocycles. The lowest BCUT2D eigenvalue weighted by Crippen LogP contribution is -2.46. The minimum atomic E-state index is -4.65. The number of anilines is 3. The van der Waals surface area contributed by atoms with Gasteiger partial charge in [0, 0.05) is 62.9 Å². The first-order valence-electron chi connectivity index (χ1n) is 15.2. The maximum Gasteiger partial charge on any atom is 0.416 e. The van der Waals surface area contributed by atoms with Gasteiger partial charge in [0.25, 0.3) is 5.91 Å². The van der Waals surface area contributed by atoms with Gasteiger partial charge in [-0.25, -0.2) is 9.37 Å². The average molecular weight is 661 g/mol. The predicted octanol–water partition coefficient (Wildman–Crippen LogP) is 5.03. The Morgan fingerprint density at radius 2 is 1.83 bits per heavy atom. The lowest BCUT2D eigenvalue weighted by molar-refractivity contribution is -0.137. The van der Waals surface area contributed by atoms with E-state index in [1.165, 1.54) is 18.2 Å². The third-order valence-corrected chi connectivity index (χ3v) is 8.06. The number of fused-ring (bicyclic) bond motifs is 1. The smallest absolute Gasteiger partial charge is 0.395 e. The zero-order valence-electron chi connectivity index (χ0n) is 25.9. The van der Waals surface area contributed by atoms with Crippen molar-refractivity contribution in [3.8, 4) is 11.8 Å². The number of hydrogen-bond donors (Lipinski definition) is 4. The number of nitrogens with zero attached hydrogens (tertiary/aromatic N) is 5. The third kappa shape index (κ3) is 7.49. The summed E-state index contributed by atoms with van der Waals surface area (Å²) in [6.07, 6.45) is 2.07. The van der Waals surface area contributed by atoms with Gasteiger partial charge in [0.1, 0.15) is 11.5 Å². The van der Waals surface area contributed by atoms with E-state index < -0.39 is 23.5 Å². The number of hydrogen-bond acceptors (Lipinski definition) is 7. The highest BCUT2D eigenvalue weighted by molar-refractivity contribution is 6.04. The quantitative estimate of drug-likeness (QED) is 0.137. The van der Waals surface area contributed by atoms with Crippen LogP contribution in [-0.4, -0.2) is 79.7 Å². The van der Waals surface area contributed by atoms with E-state index >= 15 is 4.39 Å². The molecule has 48 heavy (non-hydrogen) atoms. The Kier molecular flexibility index (Phi) is 9.44. The van der Waals surface area contributed by atoms with Gasteiger partial charge in [-0.1, -0.05) is 5.92 Å². The van der Waals surface area contributed by atoms with Gasteiger partial charge >= 0.3 is 6.18 Å². The van der Waals surface area contributed by atoms with E-state index in [9.17, 15) is 18.0 Å². The summed E-state index contributed by atoms with van der Waals surface area (Å²) in [5.41, 5.74) is 2.48. The van der Waals surface area contributed by atoms with E-state index in [4.69, 9.17) is 5.11 Å². The first-order chi connectivity index (χ1) is 23.1. The van der Waals surface area contributed by atoms with Crippen molar-refractivity contribution < 1.29 is 27.5 Å². The Hall–Kier alpha value is -5.23. The van der Waals surface area contributed by atoms with Gasteiger partial charge in [-0.2, -0.15) is 18.3 Å². The van der Waals surface area contributed by atoms with Crippen LogP contribution in [0, 0.1) is 24.6 Å². The number of alkyl halides is 3. The molecule has 0 spiro atoms. The zero-order valence-corrected chi connectivity index (χ0v) is 25.9. The van der Waals surface area contributed by atoms with E-state index in [0.29, 0.717) is 60.8 Å². The molecule has 0 unspecified atom stereocenters. The molecule has 3 aromatic heterocycles. The zero-order chi connectivity index (χ0) is 33.8. The summed E-state index contributed by atoms with van der Waals surface area (Å²) in [7, 11) is 0. The summed E-state index contributed by atoms with van der Waals surface area (Å²) in [5.74, 6) is 4.29. The normalized spacial score (nSPS) is 14.1. The van der Waals surface area contributed by atoms with Gasteiger partial charge in [-0.15, -0.1) is 0 Å². The minimum Gasteiger partial charge on any atom is -0.395 e. The van der Waals surface area contributed by atoms with Crippen LogP contribution in [0.15, 0.2) is 67.3 Å². The number of aliphatic hydroxyl groups is 1. The van der Waals surface area contributed by atoms with Crippen molar-refractivity contribution in [2.24, 2.45) is 0 Å². The van der Waals surface area contributed by atoms with Crippen LogP contribution in [0.3, 0.4) is 0 Å². The van der Waals surface area contributed by atoms with Crippen molar-refractivity contribution in [2.45, 2.75) is 19.6 Å². The Balaban J connectivity index is 1.23. The lowest BCUT2D eigenvalue weighted by Gasteiger charge is -2.34. The number of nitrogens with one attached hydrogen (secondary N) is 3. The molecule has 1 aliphatic rings. The number of pyridine rings is 1. The van der Waals surface area contributed by atoms with Gasteiger partial charge in [-0.3, -0.25) is 24.1 Å². The summed E-state index contributed by atoms with van der Waals surface area (Å²) in [4.78, 5) is 21.9. The highest BCUT2D eigenvalue weighted by Gasteiger charge is 2.32. The number of H-pyrrole nitrogens is 1. The second-order valence-electron chi connectivity index (χ2n) is 11.5. The maximum atomic E-state index is 15.1. The highest BCUT2D eigenvalue weighted by Crippen LogP contribution is 2.33. The van der Waals surface area contributed by atoms with E-state index in [1.54, 1.807) is 36.1 Å². The van der Waals surface area contributed by atoms with Crippen LogP contribution in [0.1, 0.15) is 38.3 Å². The molecule has 4 N–H and O–H groups in total. The molecular formula is C34H32F4N8O2. The molecule has 1 aliphatic heterocycles. The molecule has 4 heterocycles. The molecule has 248 valence electrons. The number of carbonyl (C=O) groups is 1. The molecule has 0 atom stereocenters. The summed E-state index contributed by atoms with van der Waals surface area (Å²) in [5, 5.41) is 21.5. The predicted molar refractivity (Wildman–Crippen MR) is 172 cm³/mol. The SMILES string of the molecule is Cc1cc(F)c(C(=O)Nc2cc(CN3CCN(CCO)CC3)cc(C(F)(F)F)c2)cc1C#Cc1cnc2c(Nc3cn[nH]c3)cccn12. The fraction of sp³-hybridized carbons (Fsp3) is 0.265. The summed E-state index contributed by atoms with van der Waals surface area (Å²) in [6.45, 7) is 5.08. The topological polar surface area (TPSA) is 114 Å². The van der Waals surface area contributed by atoms with Crippen LogP contribution in [0.25, 0.3) is 5.65 Å². The number of aryl methyl sites for hydroxylation is 1. The number of aromatic amines is 1. The highest BCUT2D eigenvalue weighted by atomic mass is 19.4. The van der Waals surface area contributed by atoms with Crippen molar-refractivity contribution in [1.82, 2.24) is 29.4 Å². The molecule has 2 aromatic carbocycles. The Morgan fingerprint density at radius 3 is 2.56 bits per heavy atom. The number of β-amino-alcohol motifs (C(OH)–C–C–N with tert-alkyl or cyclic N) is 1. The number of imidazole rings is 1. The first-order valence-corrected chi connectivity index (χ1v) is 15.2. The molecule has 1 saturated heterocycles. The van der Waals surface area contributed by atoms with Crippen molar-refractivity contribution in [3.63, 3.8) is 0 Å². The number of aromatic nitrogens is 4. The summed E-state index contributed by atoms with van der Waals surface area (Å²) >= 11 is 0. The standard InChI is InChI=1S/C34H32F4N8O2/c1-22-13-30(35)29(16-24(22)4-5-28-20-39-32-31(3-2-6-46(28)32)42-27-18-40-41-19-27)33(48)43-26-15-23(14-25(17-26)34(36,37)38)21-45-9-7-44(8-10-45)11-12-47/h2-3,6,13-20,42,47H,7-12,21H2,1H3,(H,40,41)(H,43,48). The van der Waals surface area contributed by atoms with E-state index in [2.05, 4.69) is 42.6 Å². The molecule has 6 rings (SSSR count). The van der Waals surface area contributed by atoms with E-state index in [0.717, 1.165) is 23.5 Å². The number of amides is 1. The van der Waals surface area contributed by atoms with Gasteiger partial charge in [-0.05, 0) is 66.4 Å². The Morgan fingerprint density at radius 1 is 1.04 bits per heavy atom. The van der Waals surface area contributed by atoms with Crippen LogP contribution in [0.4, 0.5) is 34.6 Å². The van der Waals surface area contributed by atoms with Crippen LogP contribution in [-0.2, 0) is 12.7 Å². The van der Waals surface area contributed by atoms with Crippen LogP contribution < -0.4 is 10.6 Å². The third-order valence-electron chi connectivity index (χ3n) is 8.06. The Labute approximate surface area is 273 Å². The molecule has 10 nitrogen and oxygen atoms in total. The maximum absolute atomic E-state index is 15.1. The van der Waals surface area contributed by atoms with Crippen LogP contribution in [0.2, 0.25) is 0 Å². The number of benzene rings is 2. The Bertz CT molecular complexity index is 1990. The molecule has 14 heteroatoms. The van der Waals surface area contributed by atoms with Crippen molar-refractivity contribution >= 4 is 28.6 Å². The van der Waals surface area contributed by atoms with Gasteiger partial charge < -0.3 is 15.7 Å². The minimum absolute atomic E-state index is 0.0425. The first kappa shape index (κ1) is 32.7. The van der Waals surface area contributed by atoms with Crippen molar-refractivity contribution in [2.75, 3.05) is 50.0 Å². The fourth-order valence-electron chi connectivity index (χ4n) is 5.58. The number of aliphatic hydroxyl groups excluding tert-OH is 1. The van der Waals surface area contributed by atoms with E-state index in [1.807, 2.05) is 17.0 Å².